The number of rotatable bonds is 3. The molecule has 98 valence electrons. The Hall–Kier alpha value is -1.47. The molecule has 7 heteroatoms. The number of amides is 1. The number of anilines is 1. The van der Waals surface area contributed by atoms with E-state index in [4.69, 9.17) is 0 Å². The van der Waals surface area contributed by atoms with Gasteiger partial charge in [0.15, 0.2) is 5.16 Å². The molecule has 0 saturated heterocycles. The fraction of sp³-hybridized carbons (Fsp3) is 0.0833. The van der Waals surface area contributed by atoms with E-state index in [2.05, 4.69) is 31.2 Å². The Bertz CT molecular complexity index is 606. The molecule has 1 amide bonds. The maximum atomic E-state index is 12.8. The van der Waals surface area contributed by atoms with Crippen molar-refractivity contribution in [3.05, 3.63) is 46.4 Å². The van der Waals surface area contributed by atoms with Crippen molar-refractivity contribution in [1.82, 2.24) is 9.97 Å². The van der Waals surface area contributed by atoms with E-state index in [0.29, 0.717) is 15.3 Å². The number of nitrogens with one attached hydrogen (secondary N) is 1. The minimum absolute atomic E-state index is 0.240. The highest BCUT2D eigenvalue weighted by Gasteiger charge is 2.13. The molecule has 0 atom stereocenters. The van der Waals surface area contributed by atoms with E-state index in [1.807, 2.05) is 6.26 Å². The van der Waals surface area contributed by atoms with E-state index >= 15 is 0 Å². The summed E-state index contributed by atoms with van der Waals surface area (Å²) in [5, 5.41) is 3.15. The van der Waals surface area contributed by atoms with Crippen LogP contribution in [0.4, 0.5) is 10.1 Å². The molecule has 0 unspecified atom stereocenters. The Morgan fingerprint density at radius 1 is 1.37 bits per heavy atom. The molecule has 0 aliphatic carbocycles. The second-order valence-electron chi connectivity index (χ2n) is 3.51. The minimum atomic E-state index is -0.379. The van der Waals surface area contributed by atoms with Crippen molar-refractivity contribution in [3.8, 4) is 0 Å². The van der Waals surface area contributed by atoms with Gasteiger partial charge in [0, 0.05) is 11.9 Å². The monoisotopic (exact) mass is 341 g/mol. The number of hydrogen-bond acceptors (Lipinski definition) is 4. The van der Waals surface area contributed by atoms with Gasteiger partial charge < -0.3 is 5.32 Å². The summed E-state index contributed by atoms with van der Waals surface area (Å²) < 4.78 is 13.3. The molecule has 0 fully saturated rings. The van der Waals surface area contributed by atoms with Gasteiger partial charge in [0.2, 0.25) is 0 Å². The molecule has 1 aromatic heterocycles. The van der Waals surface area contributed by atoms with Crippen molar-refractivity contribution in [1.29, 1.82) is 0 Å². The van der Waals surface area contributed by atoms with E-state index in [1.54, 1.807) is 0 Å². The number of thioether (sulfide) groups is 1. The van der Waals surface area contributed by atoms with E-state index in [1.165, 1.54) is 42.2 Å². The first-order valence-electron chi connectivity index (χ1n) is 5.23. The number of nitrogens with zero attached hydrogens (tertiary/aromatic N) is 2. The zero-order valence-corrected chi connectivity index (χ0v) is 12.3. The lowest BCUT2D eigenvalue weighted by molar-refractivity contribution is 0.102. The first kappa shape index (κ1) is 14.0. The molecule has 0 radical (unpaired) electrons. The van der Waals surface area contributed by atoms with Crippen LogP contribution in [0.1, 0.15) is 10.5 Å². The van der Waals surface area contributed by atoms with Gasteiger partial charge in [-0.2, -0.15) is 0 Å². The molecule has 1 N–H and O–H groups in total. The molecule has 4 nitrogen and oxygen atoms in total. The molecule has 0 aliphatic rings. The van der Waals surface area contributed by atoms with Crippen LogP contribution in [0.5, 0.6) is 0 Å². The Balaban J connectivity index is 2.22. The van der Waals surface area contributed by atoms with Gasteiger partial charge in [0.1, 0.15) is 11.5 Å². The van der Waals surface area contributed by atoms with E-state index in [9.17, 15) is 9.18 Å². The van der Waals surface area contributed by atoms with Gasteiger partial charge in [-0.15, -0.1) is 0 Å². The first-order chi connectivity index (χ1) is 9.10. The number of aromatic nitrogens is 2. The molecular weight excluding hydrogens is 333 g/mol. The second-order valence-corrected chi connectivity index (χ2v) is 5.14. The Morgan fingerprint density at radius 3 is 2.68 bits per heavy atom. The van der Waals surface area contributed by atoms with Crippen molar-refractivity contribution in [2.45, 2.75) is 5.16 Å². The number of carbonyl (C=O) groups is 1. The lowest BCUT2D eigenvalue weighted by Gasteiger charge is -2.06. The quantitative estimate of drug-likeness (QED) is 0.687. The SMILES string of the molecule is CSc1ncc(Br)c(C(=O)Nc2ccc(F)cc2)n1. The summed E-state index contributed by atoms with van der Waals surface area (Å²) in [7, 11) is 0. The number of hydrogen-bond donors (Lipinski definition) is 1. The van der Waals surface area contributed by atoms with Crippen LogP contribution in [0.25, 0.3) is 0 Å². The van der Waals surface area contributed by atoms with Gasteiger partial charge >= 0.3 is 0 Å². The van der Waals surface area contributed by atoms with E-state index in [0.717, 1.165) is 0 Å². The van der Waals surface area contributed by atoms with Gasteiger partial charge in [-0.25, -0.2) is 14.4 Å². The van der Waals surface area contributed by atoms with Crippen LogP contribution < -0.4 is 5.32 Å². The van der Waals surface area contributed by atoms with Gasteiger partial charge in [0.25, 0.3) is 5.91 Å². The first-order valence-corrected chi connectivity index (χ1v) is 7.25. The third-order valence-corrected chi connectivity index (χ3v) is 3.36. The van der Waals surface area contributed by atoms with Gasteiger partial charge in [0.05, 0.1) is 4.47 Å². The smallest absolute Gasteiger partial charge is 0.275 e. The van der Waals surface area contributed by atoms with Crippen LogP contribution in [-0.2, 0) is 0 Å². The number of halogens is 2. The summed E-state index contributed by atoms with van der Waals surface area (Å²) in [6, 6.07) is 5.52. The fourth-order valence-corrected chi connectivity index (χ4v) is 2.04. The van der Waals surface area contributed by atoms with Crippen LogP contribution >= 0.6 is 27.7 Å². The van der Waals surface area contributed by atoms with Crippen LogP contribution in [0.3, 0.4) is 0 Å². The Morgan fingerprint density at radius 2 is 2.05 bits per heavy atom. The molecule has 0 saturated carbocycles. The van der Waals surface area contributed by atoms with Crippen molar-refractivity contribution in [2.24, 2.45) is 0 Å². The normalized spacial score (nSPS) is 10.3. The van der Waals surface area contributed by atoms with Crippen LogP contribution in [0.15, 0.2) is 40.1 Å². The highest BCUT2D eigenvalue weighted by molar-refractivity contribution is 9.10. The third-order valence-electron chi connectivity index (χ3n) is 2.22. The largest absolute Gasteiger partial charge is 0.321 e. The number of benzene rings is 1. The zero-order chi connectivity index (χ0) is 13.8. The van der Waals surface area contributed by atoms with Crippen molar-refractivity contribution < 1.29 is 9.18 Å². The fourth-order valence-electron chi connectivity index (χ4n) is 1.33. The maximum absolute atomic E-state index is 12.8. The van der Waals surface area contributed by atoms with Gasteiger partial charge in [-0.05, 0) is 46.5 Å². The molecule has 19 heavy (non-hydrogen) atoms. The summed E-state index contributed by atoms with van der Waals surface area (Å²) in [4.78, 5) is 20.2. The summed E-state index contributed by atoms with van der Waals surface area (Å²) in [6.45, 7) is 0. The molecule has 2 rings (SSSR count). The van der Waals surface area contributed by atoms with Crippen LogP contribution in [0.2, 0.25) is 0 Å². The second kappa shape index (κ2) is 6.12. The summed E-state index contributed by atoms with van der Waals surface area (Å²) in [5.41, 5.74) is 0.742. The van der Waals surface area contributed by atoms with E-state index in [-0.39, 0.29) is 17.4 Å². The predicted octanol–water partition coefficient (Wildman–Crippen LogP) is 3.35. The number of carbonyl (C=O) groups excluding carboxylic acids is 1. The minimum Gasteiger partial charge on any atom is -0.321 e. The van der Waals surface area contributed by atoms with Crippen molar-refractivity contribution in [3.63, 3.8) is 0 Å². The molecule has 1 heterocycles. The lowest BCUT2D eigenvalue weighted by atomic mass is 10.3. The topological polar surface area (TPSA) is 54.9 Å². The van der Waals surface area contributed by atoms with E-state index < -0.39 is 0 Å². The zero-order valence-electron chi connectivity index (χ0n) is 9.85. The summed E-state index contributed by atoms with van der Waals surface area (Å²) in [5.74, 6) is -0.734. The van der Waals surface area contributed by atoms with Gasteiger partial charge in [-0.1, -0.05) is 11.8 Å². The molecule has 1 aromatic carbocycles. The lowest BCUT2D eigenvalue weighted by Crippen LogP contribution is -2.15. The molecule has 2 aromatic rings. The average molecular weight is 342 g/mol. The predicted molar refractivity (Wildman–Crippen MR) is 75.9 cm³/mol. The van der Waals surface area contributed by atoms with Gasteiger partial charge in [-0.3, -0.25) is 4.79 Å². The summed E-state index contributed by atoms with van der Waals surface area (Å²) in [6.07, 6.45) is 3.35. The standard InChI is InChI=1S/C12H9BrFN3OS/c1-19-12-15-6-9(13)10(17-12)11(18)16-8-4-2-7(14)3-5-8/h2-6H,1H3,(H,16,18). The highest BCUT2D eigenvalue weighted by Crippen LogP contribution is 2.18. The Kier molecular flexibility index (Phi) is 4.49. The maximum Gasteiger partial charge on any atom is 0.275 e. The van der Waals surface area contributed by atoms with Crippen molar-refractivity contribution in [2.75, 3.05) is 11.6 Å². The summed E-state index contributed by atoms with van der Waals surface area (Å²) >= 11 is 4.57. The van der Waals surface area contributed by atoms with Crippen molar-refractivity contribution >= 4 is 39.3 Å². The van der Waals surface area contributed by atoms with Crippen LogP contribution in [0, 0.1) is 5.82 Å². The average Bonchev–Trinajstić information content (AvgIpc) is 2.42. The molecule has 0 spiro atoms. The highest BCUT2D eigenvalue weighted by atomic mass is 79.9. The Labute approximate surface area is 122 Å². The molecular formula is C12H9BrFN3OS. The van der Waals surface area contributed by atoms with Crippen LogP contribution in [-0.4, -0.2) is 22.1 Å². The third kappa shape index (κ3) is 3.51. The molecule has 0 aliphatic heterocycles. The molecule has 0 bridgehead atoms.